The van der Waals surface area contributed by atoms with E-state index in [0.717, 1.165) is 68.6 Å². The molecule has 0 atom stereocenters. The lowest BCUT2D eigenvalue weighted by atomic mass is 10.0. The minimum atomic E-state index is -0.274. The fourth-order valence-corrected chi connectivity index (χ4v) is 6.13. The summed E-state index contributed by atoms with van der Waals surface area (Å²) in [4.78, 5) is 27.6. The summed E-state index contributed by atoms with van der Waals surface area (Å²) in [5.41, 5.74) is 1.20. The van der Waals surface area contributed by atoms with Crippen molar-refractivity contribution in [2.75, 3.05) is 26.2 Å². The van der Waals surface area contributed by atoms with E-state index in [-0.39, 0.29) is 46.3 Å². The van der Waals surface area contributed by atoms with Gasteiger partial charge in [0.2, 0.25) is 5.91 Å². The summed E-state index contributed by atoms with van der Waals surface area (Å²) in [5, 5.41) is 7.35. The zero-order valence-corrected chi connectivity index (χ0v) is 24.0. The highest BCUT2D eigenvalue weighted by molar-refractivity contribution is 9.10. The van der Waals surface area contributed by atoms with Crippen molar-refractivity contribution in [1.29, 1.82) is 0 Å². The molecule has 2 aliphatic heterocycles. The van der Waals surface area contributed by atoms with Crippen molar-refractivity contribution in [2.45, 2.75) is 50.8 Å². The van der Waals surface area contributed by atoms with Crippen molar-refractivity contribution in [1.82, 2.24) is 15.5 Å². The molecular formula is C28H30BrCl2N3O4. The molecule has 2 fully saturated rings. The summed E-state index contributed by atoms with van der Waals surface area (Å²) in [6.07, 6.45) is 4.01. The zero-order valence-electron chi connectivity index (χ0n) is 20.9. The predicted octanol–water partition coefficient (Wildman–Crippen LogP) is 5.32. The first kappa shape index (κ1) is 27.5. The molecule has 3 heterocycles. The SMILES string of the molecule is O=C(Cc1cc(=O)c2cc(Cl)cc(Cl)c2o1)NC1CCN(Cc2ccc(OC3CCNCC3)c(Br)c2)CC1. The molecule has 38 heavy (non-hydrogen) atoms. The van der Waals surface area contributed by atoms with Gasteiger partial charge in [-0.25, -0.2) is 0 Å². The van der Waals surface area contributed by atoms with Crippen molar-refractivity contribution in [3.05, 3.63) is 72.5 Å². The van der Waals surface area contributed by atoms with Crippen LogP contribution >= 0.6 is 39.1 Å². The van der Waals surface area contributed by atoms with Crippen molar-refractivity contribution in [3.8, 4) is 5.75 Å². The first-order chi connectivity index (χ1) is 18.3. The van der Waals surface area contributed by atoms with E-state index in [2.05, 4.69) is 49.7 Å². The van der Waals surface area contributed by atoms with Crippen LogP contribution in [-0.4, -0.2) is 49.1 Å². The normalized spacial score (nSPS) is 17.6. The molecule has 2 saturated heterocycles. The van der Waals surface area contributed by atoms with E-state index in [4.69, 9.17) is 32.4 Å². The lowest BCUT2D eigenvalue weighted by molar-refractivity contribution is -0.121. The number of hydrogen-bond donors (Lipinski definition) is 2. The minimum Gasteiger partial charge on any atom is -0.489 e. The van der Waals surface area contributed by atoms with E-state index in [1.807, 2.05) is 0 Å². The molecule has 0 aliphatic carbocycles. The monoisotopic (exact) mass is 621 g/mol. The van der Waals surface area contributed by atoms with Gasteiger partial charge in [-0.3, -0.25) is 14.5 Å². The van der Waals surface area contributed by atoms with E-state index in [0.29, 0.717) is 10.4 Å². The Morgan fingerprint density at radius 1 is 1.11 bits per heavy atom. The topological polar surface area (TPSA) is 83.8 Å². The van der Waals surface area contributed by atoms with Gasteiger partial charge >= 0.3 is 0 Å². The summed E-state index contributed by atoms with van der Waals surface area (Å²) < 4.78 is 12.9. The largest absolute Gasteiger partial charge is 0.489 e. The third-order valence-corrected chi connectivity index (χ3v) is 8.19. The Kier molecular flexibility index (Phi) is 8.95. The Hall–Kier alpha value is -2.10. The van der Waals surface area contributed by atoms with Crippen LogP contribution in [0.25, 0.3) is 11.0 Å². The van der Waals surface area contributed by atoms with Crippen LogP contribution in [0.4, 0.5) is 0 Å². The molecule has 2 aromatic carbocycles. The summed E-state index contributed by atoms with van der Waals surface area (Å²) in [6.45, 7) is 4.62. The van der Waals surface area contributed by atoms with Crippen molar-refractivity contribution in [3.63, 3.8) is 0 Å². The zero-order chi connectivity index (χ0) is 26.6. The van der Waals surface area contributed by atoms with Crippen LogP contribution in [0.2, 0.25) is 10.0 Å². The highest BCUT2D eigenvalue weighted by atomic mass is 79.9. The van der Waals surface area contributed by atoms with Crippen LogP contribution in [0.5, 0.6) is 5.75 Å². The average Bonchev–Trinajstić information content (AvgIpc) is 2.88. The molecule has 0 saturated carbocycles. The van der Waals surface area contributed by atoms with Gasteiger partial charge in [-0.1, -0.05) is 29.3 Å². The van der Waals surface area contributed by atoms with Crippen molar-refractivity contribution < 1.29 is 13.9 Å². The van der Waals surface area contributed by atoms with Crippen LogP contribution in [0.1, 0.15) is 37.0 Å². The molecule has 0 bridgehead atoms. The number of rotatable bonds is 7. The van der Waals surface area contributed by atoms with Gasteiger partial charge in [0.25, 0.3) is 0 Å². The molecule has 0 radical (unpaired) electrons. The second kappa shape index (κ2) is 12.4. The number of nitrogens with zero attached hydrogens (tertiary/aromatic N) is 1. The standard InChI is InChI=1S/C28H30BrCl2N3O4/c29-23-11-17(1-2-26(23)37-20-3-7-32-8-4-20)16-34-9-5-19(6-10-34)33-27(36)15-21-14-25(35)22-12-18(30)13-24(31)28(22)38-21/h1-2,11-14,19-20,32H,3-10,15-16H2,(H,33,36). The molecule has 10 heteroatoms. The number of amides is 1. The number of piperidine rings is 2. The number of carbonyl (C=O) groups excluding carboxylic acids is 1. The van der Waals surface area contributed by atoms with E-state index in [9.17, 15) is 9.59 Å². The third kappa shape index (κ3) is 6.90. The molecule has 202 valence electrons. The van der Waals surface area contributed by atoms with E-state index < -0.39 is 0 Å². The van der Waals surface area contributed by atoms with Crippen molar-refractivity contribution >= 4 is 56.0 Å². The summed E-state index contributed by atoms with van der Waals surface area (Å²) in [7, 11) is 0. The van der Waals surface area contributed by atoms with E-state index >= 15 is 0 Å². The number of halogens is 3. The first-order valence-electron chi connectivity index (χ1n) is 12.9. The van der Waals surface area contributed by atoms with Gasteiger partial charge in [-0.2, -0.15) is 0 Å². The molecule has 1 amide bonds. The summed E-state index contributed by atoms with van der Waals surface area (Å²) in [6, 6.07) is 10.8. The Balaban J connectivity index is 1.10. The fraction of sp³-hybridized carbons (Fsp3) is 0.429. The van der Waals surface area contributed by atoms with Crippen LogP contribution in [0.15, 0.2) is 50.1 Å². The molecule has 7 nitrogen and oxygen atoms in total. The van der Waals surface area contributed by atoms with Gasteiger partial charge < -0.3 is 19.8 Å². The number of hydrogen-bond acceptors (Lipinski definition) is 6. The second-order valence-electron chi connectivity index (χ2n) is 9.97. The molecular weight excluding hydrogens is 593 g/mol. The lowest BCUT2D eigenvalue weighted by Crippen LogP contribution is -2.44. The van der Waals surface area contributed by atoms with Gasteiger partial charge in [0.05, 0.1) is 21.3 Å². The fourth-order valence-electron chi connectivity index (χ4n) is 5.08. The molecule has 0 unspecified atom stereocenters. The van der Waals surface area contributed by atoms with Gasteiger partial charge in [0.15, 0.2) is 11.0 Å². The third-order valence-electron chi connectivity index (χ3n) is 7.07. The van der Waals surface area contributed by atoms with Gasteiger partial charge in [-0.05, 0) is 84.5 Å². The van der Waals surface area contributed by atoms with Crippen molar-refractivity contribution in [2.24, 2.45) is 0 Å². The number of nitrogens with one attached hydrogen (secondary N) is 2. The van der Waals surface area contributed by atoms with Gasteiger partial charge in [0.1, 0.15) is 17.6 Å². The molecule has 2 aliphatic rings. The highest BCUT2D eigenvalue weighted by Gasteiger charge is 2.22. The lowest BCUT2D eigenvalue weighted by Gasteiger charge is -2.32. The van der Waals surface area contributed by atoms with Gasteiger partial charge in [0, 0.05) is 36.8 Å². The van der Waals surface area contributed by atoms with Crippen LogP contribution < -0.4 is 20.8 Å². The smallest absolute Gasteiger partial charge is 0.227 e. The maximum absolute atomic E-state index is 12.7. The first-order valence-corrected chi connectivity index (χ1v) is 14.5. The quantitative estimate of drug-likeness (QED) is 0.371. The second-order valence-corrected chi connectivity index (χ2v) is 11.7. The number of fused-ring (bicyclic) bond motifs is 1. The Morgan fingerprint density at radius 2 is 1.87 bits per heavy atom. The van der Waals surface area contributed by atoms with Crippen LogP contribution in [-0.2, 0) is 17.8 Å². The summed E-state index contributed by atoms with van der Waals surface area (Å²) in [5.74, 6) is 1.000. The predicted molar refractivity (Wildman–Crippen MR) is 153 cm³/mol. The maximum Gasteiger partial charge on any atom is 0.227 e. The van der Waals surface area contributed by atoms with Gasteiger partial charge in [-0.15, -0.1) is 0 Å². The van der Waals surface area contributed by atoms with Crippen LogP contribution in [0.3, 0.4) is 0 Å². The molecule has 0 spiro atoms. The Morgan fingerprint density at radius 3 is 2.61 bits per heavy atom. The number of carbonyl (C=O) groups is 1. The number of benzene rings is 2. The Bertz CT molecular complexity index is 1370. The molecule has 3 aromatic rings. The number of likely N-dealkylation sites (tertiary alicyclic amines) is 1. The van der Waals surface area contributed by atoms with Crippen LogP contribution in [0, 0.1) is 0 Å². The molecule has 1 aromatic heterocycles. The molecule has 2 N–H and O–H groups in total. The summed E-state index contributed by atoms with van der Waals surface area (Å²) >= 11 is 15.9. The molecule has 5 rings (SSSR count). The minimum absolute atomic E-state index is 0.0236. The van der Waals surface area contributed by atoms with E-state index in [1.54, 1.807) is 0 Å². The average molecular weight is 623 g/mol. The Labute approximate surface area is 239 Å². The van der Waals surface area contributed by atoms with E-state index in [1.165, 1.54) is 23.8 Å². The maximum atomic E-state index is 12.7. The highest BCUT2D eigenvalue weighted by Crippen LogP contribution is 2.29. The number of ether oxygens (including phenoxy) is 1.